The summed E-state index contributed by atoms with van der Waals surface area (Å²) in [6.07, 6.45) is 10.5. The maximum Gasteiger partial charge on any atom is 0.309 e. The van der Waals surface area contributed by atoms with Crippen LogP contribution in [-0.4, -0.2) is 152 Å². The van der Waals surface area contributed by atoms with Crippen molar-refractivity contribution in [3.63, 3.8) is 0 Å². The molecule has 113 heavy (non-hydrogen) atoms. The first-order valence-electron chi connectivity index (χ1n) is 41.3. The van der Waals surface area contributed by atoms with Crippen LogP contribution in [0.4, 0.5) is 0 Å². The van der Waals surface area contributed by atoms with Crippen molar-refractivity contribution in [2.45, 2.75) is 186 Å². The number of phenols is 1. The molecule has 0 radical (unpaired) electrons. The number of aliphatic carboxylic acids is 2. The number of aromatic hydroxyl groups is 1. The van der Waals surface area contributed by atoms with Crippen molar-refractivity contribution < 1.29 is 72.9 Å². The number of carboxylic acids is 2. The average Bonchev–Trinajstić information content (AvgIpc) is 1.57. The smallest absolute Gasteiger partial charge is 0.309 e. The zero-order valence-corrected chi connectivity index (χ0v) is 67.0. The molecule has 5 aliphatic carbocycles. The molecule has 5 spiro atoms. The monoisotopic (exact) mass is 1540 g/mol. The zero-order chi connectivity index (χ0) is 80.4. The Morgan fingerprint density at radius 2 is 0.681 bits per heavy atom. The van der Waals surface area contributed by atoms with E-state index in [-0.39, 0.29) is 158 Å². The van der Waals surface area contributed by atoms with Crippen LogP contribution in [-0.2, 0) is 112 Å². The van der Waals surface area contributed by atoms with Crippen LogP contribution in [0.1, 0.15) is 177 Å². The standard InChI is InChI=1S/C19H23NO3.C18H22N2O3.C18H21NO4.2C18H21NO3/c1-11-4-5-14-13(8-11)6-7-20-16(21)9-15-17(18(22)23-3)12(2)10-19(14,15)20;1-11-3-4-13-5-6-19-17(21)8-16-14(10-20(22)23)12(2)9-18(16,19)15(13)7-11;1-10-9-18-13-4-3-12(20)7-11(13)5-6-19(18)15(21)8-14(18)16(10)17(22)23-2;1-10-3-4-13-12(7-10)5-6-19-15(20)8-14-16(17(21)22)11(2)9-18(13,14)19;1-10-3-4-12-5-6-19-15(20)8-14-16(17(21)22)11(2)9-18(14,19)13(12)7-10/h4-5,8,12,15,17H,6-7,9-10H2,1-3H3;3-4,7,12,14,16H,5-6,8-10H2,1-2H3;3-4,7,10,14,16,20H,5-6,8-9H2,1-2H3;2*3-4,7,11,14,16H,5-6,8-9H2,1-2H3,(H,21,22)/t12-,15-,17+,19-;12-,14+,16-,18-;10-,14-,16+,18-;2*11-,14-,16+,18-/m00000/s1. The van der Waals surface area contributed by atoms with E-state index in [1.807, 2.05) is 34.6 Å². The molecule has 10 heterocycles. The predicted octanol–water partition coefficient (Wildman–Crippen LogP) is 11.4. The quantitative estimate of drug-likeness (QED) is 0.0809. The number of carboxylic acid groups (broad SMARTS) is 2. The molecule has 598 valence electrons. The zero-order valence-electron chi connectivity index (χ0n) is 67.0. The highest BCUT2D eigenvalue weighted by Crippen LogP contribution is 2.67. The summed E-state index contributed by atoms with van der Waals surface area (Å²) in [5.74, 6) is -1.31. The lowest BCUT2D eigenvalue weighted by Crippen LogP contribution is -2.49. The fourth-order valence-electron chi connectivity index (χ4n) is 27.0. The molecular weight excluding hydrogens is 1430 g/mol. The lowest BCUT2D eigenvalue weighted by molar-refractivity contribution is -0.491. The van der Waals surface area contributed by atoms with Gasteiger partial charge in [0.25, 0.3) is 0 Å². The van der Waals surface area contributed by atoms with E-state index in [0.29, 0.717) is 38.6 Å². The Morgan fingerprint density at radius 3 is 1.04 bits per heavy atom. The summed E-state index contributed by atoms with van der Waals surface area (Å²) in [6, 6.07) is 31.4. The highest BCUT2D eigenvalue weighted by Gasteiger charge is 2.70. The van der Waals surface area contributed by atoms with Gasteiger partial charge in [-0.05, 0) is 189 Å². The topological polar surface area (TPSA) is 292 Å². The second kappa shape index (κ2) is 28.2. The number of hydrogen-bond donors (Lipinski definition) is 3. The number of carbonyl (C=O) groups excluding carboxylic acids is 7. The van der Waals surface area contributed by atoms with Gasteiger partial charge in [0.15, 0.2) is 0 Å². The minimum Gasteiger partial charge on any atom is -0.508 e. The number of benzene rings is 5. The molecule has 22 nitrogen and oxygen atoms in total. The molecule has 0 unspecified atom stereocenters. The van der Waals surface area contributed by atoms with Gasteiger partial charge in [-0.15, -0.1) is 0 Å². The Kier molecular flexibility index (Phi) is 19.3. The normalized spacial score (nSPS) is 35.3. The second-order valence-corrected chi connectivity index (χ2v) is 36.5. The van der Waals surface area contributed by atoms with Crippen molar-refractivity contribution in [3.8, 4) is 5.75 Å². The van der Waals surface area contributed by atoms with Crippen molar-refractivity contribution >= 4 is 53.4 Å². The molecule has 22 heteroatoms. The van der Waals surface area contributed by atoms with Gasteiger partial charge in [0.05, 0.1) is 65.6 Å². The first-order chi connectivity index (χ1) is 53.8. The number of methoxy groups -OCH3 is 2. The molecule has 5 amide bonds. The number of hydrogen-bond acceptors (Lipinski definition) is 14. The van der Waals surface area contributed by atoms with Gasteiger partial charge in [-0.3, -0.25) is 53.3 Å². The summed E-state index contributed by atoms with van der Waals surface area (Å²) >= 11 is 0. The molecule has 5 aromatic rings. The van der Waals surface area contributed by atoms with Crippen LogP contribution in [0, 0.1) is 127 Å². The number of rotatable bonds is 6. The van der Waals surface area contributed by atoms with Crippen molar-refractivity contribution in [2.75, 3.05) is 53.5 Å². The minimum atomic E-state index is -0.747. The van der Waals surface area contributed by atoms with E-state index in [9.17, 15) is 68.6 Å². The summed E-state index contributed by atoms with van der Waals surface area (Å²) in [4.78, 5) is 132. The third-order valence-electron chi connectivity index (χ3n) is 30.9. The molecule has 20 rings (SSSR count). The molecule has 0 bridgehead atoms. The number of ether oxygens (including phenoxy) is 2. The third-order valence-corrected chi connectivity index (χ3v) is 30.9. The van der Waals surface area contributed by atoms with Crippen LogP contribution in [0.25, 0.3) is 0 Å². The fraction of sp³-hybridized carbons (Fsp3) is 0.571. The van der Waals surface area contributed by atoms with Crippen LogP contribution < -0.4 is 0 Å². The average molecular weight is 1540 g/mol. The lowest BCUT2D eigenvalue weighted by atomic mass is 9.74. The third kappa shape index (κ3) is 11.5. The maximum absolute atomic E-state index is 12.6. The Hall–Kier alpha value is -9.47. The minimum absolute atomic E-state index is 0.00888. The van der Waals surface area contributed by atoms with Crippen molar-refractivity contribution in [1.82, 2.24) is 24.5 Å². The van der Waals surface area contributed by atoms with Crippen LogP contribution >= 0.6 is 0 Å². The number of fused-ring (bicyclic) bond motifs is 5. The molecule has 5 saturated heterocycles. The van der Waals surface area contributed by atoms with Gasteiger partial charge >= 0.3 is 23.9 Å². The summed E-state index contributed by atoms with van der Waals surface area (Å²) < 4.78 is 10.1. The summed E-state index contributed by atoms with van der Waals surface area (Å²) in [7, 11) is 2.87. The fourth-order valence-corrected chi connectivity index (χ4v) is 27.0. The molecular formula is C91H108N6O16. The van der Waals surface area contributed by atoms with E-state index >= 15 is 0 Å². The van der Waals surface area contributed by atoms with E-state index < -0.39 is 29.3 Å². The highest BCUT2D eigenvalue weighted by molar-refractivity contribution is 5.88. The number of phenolic OH excluding ortho intramolecular Hbond substituents is 1. The molecule has 15 aliphatic rings. The number of nitro groups is 1. The molecule has 5 saturated carbocycles. The van der Waals surface area contributed by atoms with Gasteiger partial charge in [-0.25, -0.2) is 0 Å². The maximum atomic E-state index is 12.6. The number of amides is 5. The molecule has 5 aromatic carbocycles. The largest absolute Gasteiger partial charge is 0.508 e. The SMILES string of the molecule is COC(=O)[C@@H]1[C@@H](C)C[C@@]23c4ccc(C)cc4CCN2C(=O)C[C@@H]13.COC(=O)[C@@H]1[C@@H](C)C[C@@]23c4ccc(O)cc4CCN2C(=O)C[C@@H]13.Cc1ccc2c(c1)CCN1C(=O)C[C@H]3[C@H](C(=O)O)[C@@H](C)C[C@]231.Cc1ccc2c(c1)[C@@]13C[C@H](C)[C@@H](C(=O)O)[C@@H]1CC(=O)N3CC2.Cc1ccc2c(c1)[C@@]13C[C@H](C)[C@@H](C[N+](=O)[O-])[C@@H]1CC(=O)N3CC2. The summed E-state index contributed by atoms with van der Waals surface area (Å²) in [5.41, 5.74) is 15.5. The van der Waals surface area contributed by atoms with E-state index in [2.05, 4.69) is 131 Å². The highest BCUT2D eigenvalue weighted by atomic mass is 16.6. The van der Waals surface area contributed by atoms with E-state index in [4.69, 9.17) is 9.47 Å². The number of nitrogens with zero attached hydrogens (tertiary/aromatic N) is 6. The van der Waals surface area contributed by atoms with Crippen molar-refractivity contribution in [2.24, 2.45) is 88.8 Å². The molecule has 3 N–H and O–H groups in total. The van der Waals surface area contributed by atoms with Crippen LogP contribution in [0.5, 0.6) is 5.75 Å². The molecule has 10 aliphatic heterocycles. The van der Waals surface area contributed by atoms with E-state index in [0.717, 1.165) is 102 Å². The van der Waals surface area contributed by atoms with Gasteiger partial charge in [-0.1, -0.05) is 136 Å². The lowest BCUT2D eigenvalue weighted by Gasteiger charge is -2.44. The van der Waals surface area contributed by atoms with E-state index in [1.54, 1.807) is 12.1 Å². The second-order valence-electron chi connectivity index (χ2n) is 36.5. The van der Waals surface area contributed by atoms with Gasteiger partial charge in [-0.2, -0.15) is 0 Å². The first kappa shape index (κ1) is 77.5. The van der Waals surface area contributed by atoms with Gasteiger partial charge in [0.1, 0.15) is 5.75 Å². The molecule has 0 aromatic heterocycles. The Bertz CT molecular complexity index is 4720. The van der Waals surface area contributed by atoms with Crippen molar-refractivity contribution in [1.29, 1.82) is 0 Å². The predicted molar refractivity (Wildman–Crippen MR) is 416 cm³/mol. The number of aryl methyl sites for hydroxylation is 4. The van der Waals surface area contributed by atoms with Crippen LogP contribution in [0.2, 0.25) is 0 Å². The molecule has 20 atom stereocenters. The molecule has 10 fully saturated rings. The number of esters is 2. The number of carbonyl (C=O) groups is 9. The van der Waals surface area contributed by atoms with Crippen molar-refractivity contribution in [3.05, 3.63) is 179 Å². The van der Waals surface area contributed by atoms with Crippen LogP contribution in [0.15, 0.2) is 91.0 Å². The Labute approximate surface area is 660 Å². The van der Waals surface area contributed by atoms with Gasteiger partial charge in [0, 0.05) is 105 Å². The first-order valence-corrected chi connectivity index (χ1v) is 41.3. The van der Waals surface area contributed by atoms with E-state index in [1.165, 1.54) is 81.0 Å². The van der Waals surface area contributed by atoms with Gasteiger partial charge < -0.3 is 49.3 Å². The Balaban J connectivity index is 0.000000107. The van der Waals surface area contributed by atoms with Crippen LogP contribution in [0.3, 0.4) is 0 Å². The Morgan fingerprint density at radius 1 is 0.398 bits per heavy atom. The van der Waals surface area contributed by atoms with Gasteiger partial charge in [0.2, 0.25) is 36.1 Å². The summed E-state index contributed by atoms with van der Waals surface area (Å²) in [6.45, 7) is 22.3. The summed E-state index contributed by atoms with van der Waals surface area (Å²) in [5, 5.41) is 40.3.